The highest BCUT2D eigenvalue weighted by molar-refractivity contribution is 6.31. The summed E-state index contributed by atoms with van der Waals surface area (Å²) >= 11 is 5.79. The van der Waals surface area contributed by atoms with Gasteiger partial charge < -0.3 is 0 Å². The standard InChI is InChI=1S/C9H13Cl.C2H6/c1-5-7(3)8(4)9(10)6-2;1-2/h6H,2-3,5H2,1,4H3;1-2H3/b9-8+;. The zero-order chi connectivity index (χ0) is 10.1. The van der Waals surface area contributed by atoms with Gasteiger partial charge >= 0.3 is 0 Å². The third-order valence-corrected chi connectivity index (χ3v) is 1.93. The lowest BCUT2D eigenvalue weighted by Gasteiger charge is -2.02. The van der Waals surface area contributed by atoms with Gasteiger partial charge in [-0.05, 0) is 18.9 Å². The van der Waals surface area contributed by atoms with Crippen LogP contribution in [-0.4, -0.2) is 0 Å². The average molecular weight is 187 g/mol. The topological polar surface area (TPSA) is 0 Å². The summed E-state index contributed by atoms with van der Waals surface area (Å²) < 4.78 is 0. The molecule has 0 amide bonds. The van der Waals surface area contributed by atoms with Gasteiger partial charge in [0.05, 0.1) is 0 Å². The van der Waals surface area contributed by atoms with Crippen LogP contribution in [0.25, 0.3) is 0 Å². The van der Waals surface area contributed by atoms with Gasteiger partial charge in [-0.1, -0.05) is 57.2 Å². The molecule has 0 aliphatic carbocycles. The number of allylic oxidation sites excluding steroid dienone is 4. The van der Waals surface area contributed by atoms with E-state index in [1.807, 2.05) is 20.8 Å². The van der Waals surface area contributed by atoms with Crippen molar-refractivity contribution in [1.29, 1.82) is 0 Å². The van der Waals surface area contributed by atoms with Crippen molar-refractivity contribution in [3.05, 3.63) is 35.4 Å². The minimum absolute atomic E-state index is 0.701. The quantitative estimate of drug-likeness (QED) is 0.562. The smallest absolute Gasteiger partial charge is 0.0431 e. The van der Waals surface area contributed by atoms with Crippen LogP contribution in [0, 0.1) is 0 Å². The first-order valence-corrected chi connectivity index (χ1v) is 4.68. The maximum Gasteiger partial charge on any atom is 0.0431 e. The second kappa shape index (κ2) is 8.61. The third kappa shape index (κ3) is 5.20. The number of halogens is 1. The van der Waals surface area contributed by atoms with E-state index in [2.05, 4.69) is 20.1 Å². The van der Waals surface area contributed by atoms with E-state index in [-0.39, 0.29) is 0 Å². The molecule has 0 aliphatic rings. The Morgan fingerprint density at radius 1 is 1.42 bits per heavy atom. The Hall–Kier alpha value is -0.490. The molecule has 70 valence electrons. The molecule has 0 bridgehead atoms. The molecule has 0 nitrogen and oxygen atoms in total. The second-order valence-electron chi connectivity index (χ2n) is 2.13. The van der Waals surface area contributed by atoms with Crippen LogP contribution in [0.1, 0.15) is 34.1 Å². The van der Waals surface area contributed by atoms with Crippen molar-refractivity contribution in [3.8, 4) is 0 Å². The van der Waals surface area contributed by atoms with Crippen LogP contribution in [0.3, 0.4) is 0 Å². The largest absolute Gasteiger partial charge is 0.0976 e. The molecule has 0 rings (SSSR count). The van der Waals surface area contributed by atoms with Crippen LogP contribution >= 0.6 is 11.6 Å². The van der Waals surface area contributed by atoms with Gasteiger partial charge in [0, 0.05) is 5.03 Å². The molecule has 0 spiro atoms. The molecule has 0 aromatic rings. The van der Waals surface area contributed by atoms with E-state index in [9.17, 15) is 0 Å². The van der Waals surface area contributed by atoms with Gasteiger partial charge in [-0.25, -0.2) is 0 Å². The van der Waals surface area contributed by atoms with Gasteiger partial charge in [-0.15, -0.1) is 0 Å². The van der Waals surface area contributed by atoms with Gasteiger partial charge in [0.15, 0.2) is 0 Å². The van der Waals surface area contributed by atoms with Crippen molar-refractivity contribution in [2.24, 2.45) is 0 Å². The van der Waals surface area contributed by atoms with E-state index in [0.29, 0.717) is 5.03 Å². The maximum absolute atomic E-state index is 5.79. The number of rotatable bonds is 3. The normalized spacial score (nSPS) is 10.8. The van der Waals surface area contributed by atoms with E-state index >= 15 is 0 Å². The first-order chi connectivity index (χ1) is 5.63. The summed E-state index contributed by atoms with van der Waals surface area (Å²) in [4.78, 5) is 0. The molecule has 0 aliphatic heterocycles. The highest BCUT2D eigenvalue weighted by Crippen LogP contribution is 2.18. The summed E-state index contributed by atoms with van der Waals surface area (Å²) in [6.45, 7) is 15.4. The predicted octanol–water partition coefficient (Wildman–Crippen LogP) is 4.68. The highest BCUT2D eigenvalue weighted by Gasteiger charge is 1.97. The maximum atomic E-state index is 5.79. The minimum Gasteiger partial charge on any atom is -0.0976 e. The molecule has 0 heterocycles. The first kappa shape index (κ1) is 14.1. The fourth-order valence-electron chi connectivity index (χ4n) is 0.587. The summed E-state index contributed by atoms with van der Waals surface area (Å²) in [6.07, 6.45) is 2.58. The number of hydrogen-bond acceptors (Lipinski definition) is 0. The van der Waals surface area contributed by atoms with Crippen LogP contribution in [0.4, 0.5) is 0 Å². The van der Waals surface area contributed by atoms with E-state index in [4.69, 9.17) is 11.6 Å². The Morgan fingerprint density at radius 3 is 2.08 bits per heavy atom. The fourth-order valence-corrected chi connectivity index (χ4v) is 0.721. The summed E-state index contributed by atoms with van der Waals surface area (Å²) in [7, 11) is 0. The van der Waals surface area contributed by atoms with Crippen molar-refractivity contribution < 1.29 is 0 Å². The van der Waals surface area contributed by atoms with Crippen molar-refractivity contribution in [1.82, 2.24) is 0 Å². The monoisotopic (exact) mass is 186 g/mol. The molecule has 1 heteroatoms. The van der Waals surface area contributed by atoms with Crippen LogP contribution in [-0.2, 0) is 0 Å². The zero-order valence-electron chi connectivity index (χ0n) is 8.58. The van der Waals surface area contributed by atoms with Gasteiger partial charge in [-0.2, -0.15) is 0 Å². The van der Waals surface area contributed by atoms with E-state index in [0.717, 1.165) is 17.6 Å². The van der Waals surface area contributed by atoms with Gasteiger partial charge in [-0.3, -0.25) is 0 Å². The van der Waals surface area contributed by atoms with Crippen molar-refractivity contribution >= 4 is 11.6 Å². The molecular weight excluding hydrogens is 168 g/mol. The lowest BCUT2D eigenvalue weighted by molar-refractivity contribution is 1.11. The summed E-state index contributed by atoms with van der Waals surface area (Å²) in [5.74, 6) is 0. The zero-order valence-corrected chi connectivity index (χ0v) is 9.33. The van der Waals surface area contributed by atoms with E-state index < -0.39 is 0 Å². The number of hydrogen-bond donors (Lipinski definition) is 0. The second-order valence-corrected chi connectivity index (χ2v) is 2.54. The Morgan fingerprint density at radius 2 is 1.83 bits per heavy atom. The Bertz CT molecular complexity index is 175. The van der Waals surface area contributed by atoms with Gasteiger partial charge in [0.25, 0.3) is 0 Å². The molecule has 0 N–H and O–H groups in total. The van der Waals surface area contributed by atoms with Crippen molar-refractivity contribution in [3.63, 3.8) is 0 Å². The fraction of sp³-hybridized carbons (Fsp3) is 0.455. The predicted molar refractivity (Wildman–Crippen MR) is 59.5 cm³/mol. The SMILES string of the molecule is C=C/C(Cl)=C(/C)C(=C)CC.CC. The molecule has 0 aromatic heterocycles. The van der Waals surface area contributed by atoms with E-state index in [1.54, 1.807) is 6.08 Å². The van der Waals surface area contributed by atoms with Crippen LogP contribution < -0.4 is 0 Å². The summed E-state index contributed by atoms with van der Waals surface area (Å²) in [6, 6.07) is 0. The van der Waals surface area contributed by atoms with E-state index in [1.165, 1.54) is 0 Å². The molecule has 0 fully saturated rings. The van der Waals surface area contributed by atoms with Crippen molar-refractivity contribution in [2.75, 3.05) is 0 Å². The van der Waals surface area contributed by atoms with Gasteiger partial charge in [0.2, 0.25) is 0 Å². The lowest BCUT2D eigenvalue weighted by Crippen LogP contribution is -1.82. The molecule has 0 unspecified atom stereocenters. The summed E-state index contributed by atoms with van der Waals surface area (Å²) in [5, 5.41) is 0.701. The summed E-state index contributed by atoms with van der Waals surface area (Å²) in [5.41, 5.74) is 2.11. The first-order valence-electron chi connectivity index (χ1n) is 4.30. The minimum atomic E-state index is 0.701. The van der Waals surface area contributed by atoms with Gasteiger partial charge in [0.1, 0.15) is 0 Å². The highest BCUT2D eigenvalue weighted by atomic mass is 35.5. The molecule has 0 saturated carbocycles. The molecule has 12 heavy (non-hydrogen) atoms. The molecule has 0 radical (unpaired) electrons. The Labute approximate surface area is 81.6 Å². The molecule has 0 atom stereocenters. The molecule has 0 aromatic carbocycles. The Kier molecular flexibility index (Phi) is 10.1. The molecule has 0 saturated heterocycles. The average Bonchev–Trinajstić information content (AvgIpc) is 2.17. The van der Waals surface area contributed by atoms with Crippen LogP contribution in [0.15, 0.2) is 35.4 Å². The Balaban J connectivity index is 0. The van der Waals surface area contributed by atoms with Crippen molar-refractivity contribution in [2.45, 2.75) is 34.1 Å². The third-order valence-electron chi connectivity index (χ3n) is 1.49. The molecular formula is C11H19Cl. The van der Waals surface area contributed by atoms with Crippen LogP contribution in [0.5, 0.6) is 0 Å². The van der Waals surface area contributed by atoms with Crippen LogP contribution in [0.2, 0.25) is 0 Å². The lowest BCUT2D eigenvalue weighted by atomic mass is 10.1.